The Hall–Kier alpha value is -3.25. The lowest BCUT2D eigenvalue weighted by Gasteiger charge is -2.17. The van der Waals surface area contributed by atoms with Crippen LogP contribution in [0, 0.1) is 18.3 Å². The number of hydrogen-bond acceptors (Lipinski definition) is 6. The fraction of sp³-hybridized carbons (Fsp3) is 0.292. The lowest BCUT2D eigenvalue weighted by molar-refractivity contribution is -0.115. The van der Waals surface area contributed by atoms with Gasteiger partial charge >= 0.3 is 0 Å². The third-order valence-corrected chi connectivity index (χ3v) is 5.53. The van der Waals surface area contributed by atoms with E-state index in [1.165, 1.54) is 0 Å². The van der Waals surface area contributed by atoms with E-state index in [4.69, 9.17) is 14.6 Å². The van der Waals surface area contributed by atoms with Gasteiger partial charge in [-0.25, -0.2) is 4.98 Å². The smallest absolute Gasteiger partial charge is 0.226 e. The number of ketones is 1. The second-order valence-electron chi connectivity index (χ2n) is 7.48. The first-order chi connectivity index (χ1) is 14.7. The molecule has 6 nitrogen and oxygen atoms in total. The molecule has 2 N–H and O–H groups in total. The molecule has 1 aliphatic rings. The molecule has 30 heavy (non-hydrogen) atoms. The van der Waals surface area contributed by atoms with Crippen LogP contribution in [0.15, 0.2) is 59.0 Å². The van der Waals surface area contributed by atoms with Crippen molar-refractivity contribution in [3.63, 3.8) is 0 Å². The number of rotatable bonds is 8. The Bertz CT molecular complexity index is 1030. The molecule has 0 spiro atoms. The lowest BCUT2D eigenvalue weighted by Crippen LogP contribution is -2.22. The van der Waals surface area contributed by atoms with Crippen LogP contribution in [0.25, 0.3) is 11.5 Å². The highest BCUT2D eigenvalue weighted by atomic mass is 16.5. The number of nitrogens with one attached hydrogen (secondary N) is 2. The van der Waals surface area contributed by atoms with E-state index >= 15 is 0 Å². The van der Waals surface area contributed by atoms with Crippen LogP contribution >= 0.6 is 0 Å². The molecule has 0 unspecified atom stereocenters. The predicted molar refractivity (Wildman–Crippen MR) is 115 cm³/mol. The van der Waals surface area contributed by atoms with Crippen LogP contribution in [0.4, 0.5) is 0 Å². The van der Waals surface area contributed by atoms with E-state index in [9.17, 15) is 4.79 Å². The molecule has 1 aromatic heterocycles. The minimum Gasteiger partial charge on any atom is -0.493 e. The zero-order valence-corrected chi connectivity index (χ0v) is 16.9. The molecular weight excluding hydrogens is 378 g/mol. The molecule has 0 amide bonds. The van der Waals surface area contributed by atoms with Crippen molar-refractivity contribution in [1.29, 1.82) is 5.41 Å². The van der Waals surface area contributed by atoms with E-state index in [1.807, 2.05) is 61.5 Å². The van der Waals surface area contributed by atoms with Gasteiger partial charge in [-0.2, -0.15) is 0 Å². The Morgan fingerprint density at radius 1 is 1.23 bits per heavy atom. The third-order valence-electron chi connectivity index (χ3n) is 5.53. The summed E-state index contributed by atoms with van der Waals surface area (Å²) in [5.41, 5.74) is 2.91. The molecule has 0 aliphatic carbocycles. The Balaban J connectivity index is 1.39. The van der Waals surface area contributed by atoms with Crippen molar-refractivity contribution < 1.29 is 13.9 Å². The van der Waals surface area contributed by atoms with E-state index in [0.717, 1.165) is 41.1 Å². The van der Waals surface area contributed by atoms with Gasteiger partial charge in [0.2, 0.25) is 5.89 Å². The topological polar surface area (TPSA) is 88.2 Å². The Labute approximate surface area is 175 Å². The third kappa shape index (κ3) is 4.33. The number of hydrogen-bond donors (Lipinski definition) is 2. The predicted octanol–water partition coefficient (Wildman–Crippen LogP) is 3.79. The molecule has 1 aliphatic heterocycles. The highest BCUT2D eigenvalue weighted by molar-refractivity contribution is 6.27. The largest absolute Gasteiger partial charge is 0.493 e. The molecule has 154 valence electrons. The van der Waals surface area contributed by atoms with Gasteiger partial charge in [0.15, 0.2) is 5.78 Å². The molecule has 3 aromatic rings. The number of ether oxygens (including phenoxy) is 1. The van der Waals surface area contributed by atoms with Gasteiger partial charge in [0.25, 0.3) is 0 Å². The molecule has 0 saturated carbocycles. The van der Waals surface area contributed by atoms with E-state index < -0.39 is 0 Å². The standard InChI is InChI=1S/C24H25N3O3/c1-16-22(27-24(30-16)17-6-3-2-4-7-17)10-11-29-19-9-5-8-18(12-19)20-14-26-15-21(20)23(28)13-25/h2-9,12-13,20-21,25-26H,10-11,14-15H2,1H3/t20-,21+/m0/s1. The number of Topliss-reactive ketones (excluding diaryl/α,β-unsaturated/α-hetero) is 1. The quantitative estimate of drug-likeness (QED) is 0.559. The summed E-state index contributed by atoms with van der Waals surface area (Å²) in [5, 5.41) is 10.5. The van der Waals surface area contributed by atoms with Crippen molar-refractivity contribution in [3.05, 3.63) is 71.6 Å². The fourth-order valence-electron chi connectivity index (χ4n) is 3.90. The lowest BCUT2D eigenvalue weighted by atomic mass is 9.86. The zero-order valence-electron chi connectivity index (χ0n) is 16.9. The second kappa shape index (κ2) is 9.05. The van der Waals surface area contributed by atoms with Gasteiger partial charge < -0.3 is 19.9 Å². The molecule has 1 saturated heterocycles. The van der Waals surface area contributed by atoms with Gasteiger partial charge in [-0.05, 0) is 36.8 Å². The number of oxazole rings is 1. The monoisotopic (exact) mass is 403 g/mol. The number of carbonyl (C=O) groups is 1. The van der Waals surface area contributed by atoms with Gasteiger partial charge in [-0.1, -0.05) is 30.3 Å². The molecular formula is C24H25N3O3. The van der Waals surface area contributed by atoms with Crippen LogP contribution in [-0.2, 0) is 11.2 Å². The minimum absolute atomic E-state index is 0.0638. The average molecular weight is 403 g/mol. The summed E-state index contributed by atoms with van der Waals surface area (Å²) in [5.74, 6) is 1.94. The molecule has 1 fully saturated rings. The van der Waals surface area contributed by atoms with Gasteiger partial charge in [0, 0.05) is 36.9 Å². The number of carbonyl (C=O) groups excluding carboxylic acids is 1. The van der Waals surface area contributed by atoms with E-state index in [2.05, 4.69) is 10.3 Å². The summed E-state index contributed by atoms with van der Waals surface area (Å²) in [6.07, 6.45) is 1.57. The zero-order chi connectivity index (χ0) is 20.9. The van der Waals surface area contributed by atoms with Gasteiger partial charge in [-0.3, -0.25) is 4.79 Å². The maximum Gasteiger partial charge on any atom is 0.226 e. The summed E-state index contributed by atoms with van der Waals surface area (Å²) >= 11 is 0. The molecule has 2 heterocycles. The summed E-state index contributed by atoms with van der Waals surface area (Å²) in [6.45, 7) is 3.74. The van der Waals surface area contributed by atoms with Crippen molar-refractivity contribution in [2.24, 2.45) is 5.92 Å². The molecule has 6 heteroatoms. The second-order valence-corrected chi connectivity index (χ2v) is 7.48. The number of nitrogens with zero attached hydrogens (tertiary/aromatic N) is 1. The highest BCUT2D eigenvalue weighted by Gasteiger charge is 2.32. The summed E-state index contributed by atoms with van der Waals surface area (Å²) in [4.78, 5) is 16.6. The van der Waals surface area contributed by atoms with Crippen molar-refractivity contribution >= 4 is 12.0 Å². The summed E-state index contributed by atoms with van der Waals surface area (Å²) in [6, 6.07) is 17.7. The van der Waals surface area contributed by atoms with E-state index in [0.29, 0.717) is 25.5 Å². The number of aryl methyl sites for hydroxylation is 1. The van der Waals surface area contributed by atoms with Crippen molar-refractivity contribution in [1.82, 2.24) is 10.3 Å². The van der Waals surface area contributed by atoms with Gasteiger partial charge in [-0.15, -0.1) is 0 Å². The Morgan fingerprint density at radius 2 is 2.07 bits per heavy atom. The van der Waals surface area contributed by atoms with Crippen molar-refractivity contribution in [2.75, 3.05) is 19.7 Å². The van der Waals surface area contributed by atoms with Crippen molar-refractivity contribution in [2.45, 2.75) is 19.3 Å². The number of aromatic nitrogens is 1. The first-order valence-electron chi connectivity index (χ1n) is 10.1. The van der Waals surface area contributed by atoms with Gasteiger partial charge in [0.05, 0.1) is 18.5 Å². The van der Waals surface area contributed by atoms with Crippen LogP contribution in [0.2, 0.25) is 0 Å². The van der Waals surface area contributed by atoms with Crippen LogP contribution in [-0.4, -0.2) is 36.7 Å². The summed E-state index contributed by atoms with van der Waals surface area (Å²) < 4.78 is 11.8. The van der Waals surface area contributed by atoms with Crippen LogP contribution in [0.1, 0.15) is 22.9 Å². The maximum absolute atomic E-state index is 12.0. The van der Waals surface area contributed by atoms with Crippen LogP contribution < -0.4 is 10.1 Å². The van der Waals surface area contributed by atoms with Crippen LogP contribution in [0.5, 0.6) is 5.75 Å². The Morgan fingerprint density at radius 3 is 2.87 bits per heavy atom. The molecule has 2 aromatic carbocycles. The molecule has 4 rings (SSSR count). The van der Waals surface area contributed by atoms with Crippen LogP contribution in [0.3, 0.4) is 0 Å². The molecule has 0 radical (unpaired) electrons. The van der Waals surface area contributed by atoms with E-state index in [-0.39, 0.29) is 17.6 Å². The first-order valence-corrected chi connectivity index (χ1v) is 10.1. The minimum atomic E-state index is -0.188. The Kier molecular flexibility index (Phi) is 6.05. The SMILES string of the molecule is Cc1oc(-c2ccccc2)nc1CCOc1cccc([C@@H]2CNC[C@H]2C(=O)C=N)c1. The maximum atomic E-state index is 12.0. The number of benzene rings is 2. The normalized spacial score (nSPS) is 18.3. The van der Waals surface area contributed by atoms with E-state index in [1.54, 1.807) is 0 Å². The van der Waals surface area contributed by atoms with Crippen molar-refractivity contribution in [3.8, 4) is 17.2 Å². The highest BCUT2D eigenvalue weighted by Crippen LogP contribution is 2.30. The average Bonchev–Trinajstić information content (AvgIpc) is 3.41. The summed E-state index contributed by atoms with van der Waals surface area (Å²) in [7, 11) is 0. The molecule has 2 atom stereocenters. The first kappa shape index (κ1) is 20.0. The molecule has 0 bridgehead atoms. The fourth-order valence-corrected chi connectivity index (χ4v) is 3.90. The van der Waals surface area contributed by atoms with Gasteiger partial charge in [0.1, 0.15) is 11.5 Å².